The van der Waals surface area contributed by atoms with Crippen LogP contribution >= 0.6 is 23.2 Å². The molecule has 0 aromatic heterocycles. The molecule has 36 heavy (non-hydrogen) atoms. The number of carbonyl (C=O) groups is 2. The third-order valence-corrected chi connectivity index (χ3v) is 7.53. The van der Waals surface area contributed by atoms with Gasteiger partial charge in [0, 0.05) is 36.1 Å². The first-order valence-electron chi connectivity index (χ1n) is 11.6. The van der Waals surface area contributed by atoms with E-state index in [9.17, 15) is 22.4 Å². The minimum Gasteiger partial charge on any atom is -0.352 e. The molecule has 0 unspecified atom stereocenters. The second kappa shape index (κ2) is 13.3. The maximum Gasteiger partial charge on any atom is 0.242 e. The molecule has 0 aliphatic carbocycles. The second-order valence-corrected chi connectivity index (χ2v) is 11.4. The van der Waals surface area contributed by atoms with Gasteiger partial charge in [0.15, 0.2) is 0 Å². The molecule has 2 aromatic rings. The number of anilines is 1. The predicted octanol–water partition coefficient (Wildman–Crippen LogP) is 5.01. The quantitative estimate of drug-likeness (QED) is 0.396. The van der Waals surface area contributed by atoms with Crippen molar-refractivity contribution in [3.8, 4) is 0 Å². The number of hydrogen-bond donors (Lipinski definition) is 1. The summed E-state index contributed by atoms with van der Waals surface area (Å²) in [5, 5.41) is 3.37. The topological polar surface area (TPSA) is 86.8 Å². The van der Waals surface area contributed by atoms with Crippen LogP contribution in [-0.2, 0) is 26.2 Å². The highest BCUT2D eigenvalue weighted by Crippen LogP contribution is 2.31. The number of hydrogen-bond acceptors (Lipinski definition) is 4. The lowest BCUT2D eigenvalue weighted by Gasteiger charge is -2.30. The van der Waals surface area contributed by atoms with E-state index in [0.29, 0.717) is 11.4 Å². The van der Waals surface area contributed by atoms with Gasteiger partial charge >= 0.3 is 0 Å². The minimum atomic E-state index is -3.72. The fraction of sp³-hybridized carbons (Fsp3) is 0.440. The van der Waals surface area contributed by atoms with Crippen molar-refractivity contribution in [2.45, 2.75) is 58.7 Å². The SMILES string of the molecule is CC[C@H](C)NC(=O)[C@@H](C)N(Cc1ccccc1F)C(=O)CCCN(c1cc(Cl)ccc1Cl)S(C)(=O)=O. The van der Waals surface area contributed by atoms with Crippen molar-refractivity contribution in [1.82, 2.24) is 10.2 Å². The van der Waals surface area contributed by atoms with Gasteiger partial charge in [-0.1, -0.05) is 48.3 Å². The van der Waals surface area contributed by atoms with E-state index >= 15 is 0 Å². The molecule has 0 saturated carbocycles. The Bertz CT molecular complexity index is 1180. The van der Waals surface area contributed by atoms with Gasteiger partial charge in [-0.3, -0.25) is 13.9 Å². The first kappa shape index (κ1) is 29.9. The lowest BCUT2D eigenvalue weighted by molar-refractivity contribution is -0.141. The number of benzene rings is 2. The van der Waals surface area contributed by atoms with Crippen LogP contribution < -0.4 is 9.62 Å². The van der Waals surface area contributed by atoms with Gasteiger partial charge in [-0.15, -0.1) is 0 Å². The van der Waals surface area contributed by atoms with Gasteiger partial charge in [0.2, 0.25) is 21.8 Å². The summed E-state index contributed by atoms with van der Waals surface area (Å²) < 4.78 is 40.3. The Balaban J connectivity index is 2.22. The number of halogens is 3. The monoisotopic (exact) mass is 559 g/mol. The molecule has 198 valence electrons. The van der Waals surface area contributed by atoms with Crippen molar-refractivity contribution < 1.29 is 22.4 Å². The van der Waals surface area contributed by atoms with Crippen LogP contribution in [-0.4, -0.2) is 50.0 Å². The van der Waals surface area contributed by atoms with E-state index in [2.05, 4.69) is 5.32 Å². The molecule has 2 atom stereocenters. The summed E-state index contributed by atoms with van der Waals surface area (Å²) >= 11 is 12.2. The molecule has 1 N–H and O–H groups in total. The number of rotatable bonds is 12. The zero-order valence-electron chi connectivity index (χ0n) is 20.8. The lowest BCUT2D eigenvalue weighted by Crippen LogP contribution is -2.49. The van der Waals surface area contributed by atoms with E-state index in [1.165, 1.54) is 23.1 Å². The normalized spacial score (nSPS) is 13.1. The van der Waals surface area contributed by atoms with Crippen LogP contribution in [0.3, 0.4) is 0 Å². The van der Waals surface area contributed by atoms with E-state index in [1.807, 2.05) is 13.8 Å². The van der Waals surface area contributed by atoms with Crippen molar-refractivity contribution in [1.29, 1.82) is 0 Å². The summed E-state index contributed by atoms with van der Waals surface area (Å²) in [6.45, 7) is 5.24. The zero-order valence-corrected chi connectivity index (χ0v) is 23.1. The first-order chi connectivity index (χ1) is 16.8. The van der Waals surface area contributed by atoms with Crippen molar-refractivity contribution in [2.24, 2.45) is 0 Å². The Morgan fingerprint density at radius 2 is 1.78 bits per heavy atom. The van der Waals surface area contributed by atoms with Crippen LogP contribution in [0, 0.1) is 5.82 Å². The average molecular weight is 561 g/mol. The second-order valence-electron chi connectivity index (χ2n) is 8.64. The summed E-state index contributed by atoms with van der Waals surface area (Å²) in [7, 11) is -3.72. The Morgan fingerprint density at radius 3 is 2.39 bits per heavy atom. The van der Waals surface area contributed by atoms with Crippen LogP contribution in [0.25, 0.3) is 0 Å². The Hall–Kier alpha value is -2.36. The summed E-state index contributed by atoms with van der Waals surface area (Å²) in [4.78, 5) is 27.4. The molecule has 0 aliphatic heterocycles. The number of carbonyl (C=O) groups excluding carboxylic acids is 2. The third kappa shape index (κ3) is 8.35. The fourth-order valence-corrected chi connectivity index (χ4v) is 4.92. The van der Waals surface area contributed by atoms with Crippen LogP contribution in [0.2, 0.25) is 10.0 Å². The molecule has 0 heterocycles. The number of sulfonamides is 1. The van der Waals surface area contributed by atoms with E-state index < -0.39 is 27.8 Å². The Labute approximate surface area is 222 Å². The highest BCUT2D eigenvalue weighted by Gasteiger charge is 2.28. The molecule has 0 spiro atoms. The summed E-state index contributed by atoms with van der Waals surface area (Å²) in [5.41, 5.74) is 0.487. The average Bonchev–Trinajstić information content (AvgIpc) is 2.81. The van der Waals surface area contributed by atoms with Crippen LogP contribution in [0.5, 0.6) is 0 Å². The van der Waals surface area contributed by atoms with Gasteiger partial charge in [0.05, 0.1) is 17.0 Å². The molecule has 11 heteroatoms. The van der Waals surface area contributed by atoms with Crippen molar-refractivity contribution >= 4 is 50.7 Å². The molecule has 2 amide bonds. The van der Waals surface area contributed by atoms with E-state index in [0.717, 1.165) is 10.6 Å². The van der Waals surface area contributed by atoms with Crippen LogP contribution in [0.15, 0.2) is 42.5 Å². The van der Waals surface area contributed by atoms with Gasteiger partial charge in [0.25, 0.3) is 0 Å². The molecule has 7 nitrogen and oxygen atoms in total. The zero-order chi connectivity index (χ0) is 27.0. The lowest BCUT2D eigenvalue weighted by atomic mass is 10.1. The molecule has 0 bridgehead atoms. The maximum absolute atomic E-state index is 14.4. The largest absolute Gasteiger partial charge is 0.352 e. The summed E-state index contributed by atoms with van der Waals surface area (Å²) in [5.74, 6) is -1.24. The number of nitrogens with zero attached hydrogens (tertiary/aromatic N) is 2. The fourth-order valence-electron chi connectivity index (χ4n) is 3.52. The predicted molar refractivity (Wildman–Crippen MR) is 142 cm³/mol. The van der Waals surface area contributed by atoms with Crippen LogP contribution in [0.4, 0.5) is 10.1 Å². The third-order valence-electron chi connectivity index (χ3n) is 5.80. The first-order valence-corrected chi connectivity index (χ1v) is 14.2. The van der Waals surface area contributed by atoms with E-state index in [4.69, 9.17) is 23.2 Å². The highest BCUT2D eigenvalue weighted by atomic mass is 35.5. The van der Waals surface area contributed by atoms with Gasteiger partial charge in [-0.2, -0.15) is 0 Å². The highest BCUT2D eigenvalue weighted by molar-refractivity contribution is 7.92. The molecule has 0 saturated heterocycles. The molecule has 0 aliphatic rings. The standard InChI is InChI=1S/C25H32Cl2FN3O4S/c1-5-17(2)29-25(33)18(3)30(16-19-9-6-7-10-22(19)28)24(32)11-8-14-31(36(4,34)35)23-15-20(26)12-13-21(23)27/h6-7,9-10,12-13,15,17-18H,5,8,11,14,16H2,1-4H3,(H,29,33)/t17-,18+/m0/s1. The summed E-state index contributed by atoms with van der Waals surface area (Å²) in [6, 6.07) is 9.59. The molecule has 0 fully saturated rings. The van der Waals surface area contributed by atoms with E-state index in [-0.39, 0.29) is 54.2 Å². The van der Waals surface area contributed by atoms with Crippen molar-refractivity contribution in [2.75, 3.05) is 17.1 Å². The van der Waals surface area contributed by atoms with Crippen molar-refractivity contribution in [3.05, 3.63) is 63.9 Å². The van der Waals surface area contributed by atoms with Gasteiger partial charge in [0.1, 0.15) is 11.9 Å². The molecular formula is C25H32Cl2FN3O4S. The smallest absolute Gasteiger partial charge is 0.242 e. The molecule has 0 radical (unpaired) electrons. The van der Waals surface area contributed by atoms with Gasteiger partial charge < -0.3 is 10.2 Å². The van der Waals surface area contributed by atoms with Gasteiger partial charge in [-0.25, -0.2) is 12.8 Å². The maximum atomic E-state index is 14.4. The number of nitrogens with one attached hydrogen (secondary N) is 1. The Morgan fingerprint density at radius 1 is 1.11 bits per heavy atom. The number of amides is 2. The van der Waals surface area contributed by atoms with E-state index in [1.54, 1.807) is 31.2 Å². The van der Waals surface area contributed by atoms with Crippen molar-refractivity contribution in [3.63, 3.8) is 0 Å². The van der Waals surface area contributed by atoms with Crippen LogP contribution in [0.1, 0.15) is 45.6 Å². The Kier molecular flexibility index (Phi) is 11.0. The molecule has 2 aromatic carbocycles. The molecule has 2 rings (SSSR count). The van der Waals surface area contributed by atoms with Gasteiger partial charge in [-0.05, 0) is 51.0 Å². The summed E-state index contributed by atoms with van der Waals surface area (Å²) in [6.07, 6.45) is 1.83. The molecular weight excluding hydrogens is 528 g/mol. The minimum absolute atomic E-state index is 0.0361.